The van der Waals surface area contributed by atoms with Gasteiger partial charge >= 0.3 is 6.18 Å². The molecule has 0 atom stereocenters. The normalized spacial score (nSPS) is 13.6. The molecule has 9 heteroatoms. The van der Waals surface area contributed by atoms with Gasteiger partial charge in [0.05, 0.1) is 11.3 Å². The van der Waals surface area contributed by atoms with Crippen molar-refractivity contribution in [2.75, 3.05) is 5.32 Å². The van der Waals surface area contributed by atoms with Crippen molar-refractivity contribution in [3.63, 3.8) is 0 Å². The van der Waals surface area contributed by atoms with E-state index in [2.05, 4.69) is 31.2 Å². The van der Waals surface area contributed by atoms with Crippen LogP contribution in [0.4, 0.5) is 24.7 Å². The number of rotatable bonds is 0. The first kappa shape index (κ1) is 14.4. The summed E-state index contributed by atoms with van der Waals surface area (Å²) in [7, 11) is 0. The maximum atomic E-state index is 13.1. The zero-order valence-electron chi connectivity index (χ0n) is 10.1. The average Bonchev–Trinajstić information content (AvgIpc) is 2.56. The molecule has 2 aromatic rings. The Morgan fingerprint density at radius 2 is 2.05 bits per heavy atom. The first-order valence-electron chi connectivity index (χ1n) is 5.66. The van der Waals surface area contributed by atoms with Crippen LogP contribution in [0.2, 0.25) is 5.15 Å². The molecule has 2 heterocycles. The molecule has 0 radical (unpaired) electrons. The van der Waals surface area contributed by atoms with Gasteiger partial charge in [0.25, 0.3) is 0 Å². The van der Waals surface area contributed by atoms with Crippen LogP contribution in [0, 0.1) is 0 Å². The number of benzene rings is 1. The van der Waals surface area contributed by atoms with Gasteiger partial charge in [0.15, 0.2) is 5.75 Å². The molecule has 3 rings (SSSR count). The highest BCUT2D eigenvalue weighted by Gasteiger charge is 2.37. The summed E-state index contributed by atoms with van der Waals surface area (Å²) in [6.07, 6.45) is -3.32. The van der Waals surface area contributed by atoms with Crippen LogP contribution < -0.4 is 10.1 Å². The number of anilines is 2. The number of ether oxygens (including phenoxy) is 1. The van der Waals surface area contributed by atoms with Crippen LogP contribution in [-0.2, 0) is 12.8 Å². The zero-order chi connectivity index (χ0) is 15.2. The lowest BCUT2D eigenvalue weighted by atomic mass is 10.1. The smallest absolute Gasteiger partial charge is 0.420 e. The monoisotopic (exact) mass is 379 g/mol. The van der Waals surface area contributed by atoms with E-state index in [9.17, 15) is 13.2 Å². The van der Waals surface area contributed by atoms with Crippen molar-refractivity contribution in [1.82, 2.24) is 9.97 Å². The van der Waals surface area contributed by atoms with E-state index in [1.165, 1.54) is 12.4 Å². The van der Waals surface area contributed by atoms with Gasteiger partial charge in [-0.1, -0.05) is 27.5 Å². The highest BCUT2D eigenvalue weighted by Crippen LogP contribution is 2.45. The molecule has 0 fully saturated rings. The third-order valence-corrected chi connectivity index (χ3v) is 3.65. The molecule has 0 aliphatic carbocycles. The van der Waals surface area contributed by atoms with Gasteiger partial charge in [-0.2, -0.15) is 13.2 Å². The second-order valence-electron chi connectivity index (χ2n) is 4.23. The van der Waals surface area contributed by atoms with Gasteiger partial charge in [-0.15, -0.1) is 0 Å². The first-order valence-corrected chi connectivity index (χ1v) is 6.83. The molecule has 1 N–H and O–H groups in total. The van der Waals surface area contributed by atoms with Crippen molar-refractivity contribution < 1.29 is 17.9 Å². The quantitative estimate of drug-likeness (QED) is 0.681. The Balaban J connectivity index is 2.17. The van der Waals surface area contributed by atoms with Gasteiger partial charge in [-0.25, -0.2) is 9.97 Å². The summed E-state index contributed by atoms with van der Waals surface area (Å²) in [6, 6.07) is 2.44. The van der Waals surface area contributed by atoms with Crippen molar-refractivity contribution >= 4 is 39.0 Å². The topological polar surface area (TPSA) is 47.0 Å². The summed E-state index contributed by atoms with van der Waals surface area (Å²) in [5.41, 5.74) is -0.318. The molecule has 0 saturated carbocycles. The maximum Gasteiger partial charge on any atom is 0.420 e. The SMILES string of the molecule is FC(F)(F)c1cc(Br)cc2c1OCc1c(Cl)ncnc1N2. The Morgan fingerprint density at radius 1 is 1.29 bits per heavy atom. The number of hydrogen-bond donors (Lipinski definition) is 1. The Morgan fingerprint density at radius 3 is 2.76 bits per heavy atom. The third-order valence-electron chi connectivity index (χ3n) is 2.87. The number of aromatic nitrogens is 2. The van der Waals surface area contributed by atoms with Gasteiger partial charge < -0.3 is 10.1 Å². The van der Waals surface area contributed by atoms with Crippen molar-refractivity contribution in [1.29, 1.82) is 0 Å². The minimum Gasteiger partial charge on any atom is -0.486 e. The van der Waals surface area contributed by atoms with Gasteiger partial charge in [-0.3, -0.25) is 0 Å². The van der Waals surface area contributed by atoms with Crippen molar-refractivity contribution in [2.24, 2.45) is 0 Å². The highest BCUT2D eigenvalue weighted by atomic mass is 79.9. The van der Waals surface area contributed by atoms with E-state index < -0.39 is 11.7 Å². The van der Waals surface area contributed by atoms with Crippen molar-refractivity contribution in [2.45, 2.75) is 12.8 Å². The summed E-state index contributed by atoms with van der Waals surface area (Å²) < 4.78 is 44.9. The van der Waals surface area contributed by atoms with Crippen LogP contribution in [0.1, 0.15) is 11.1 Å². The molecule has 0 unspecified atom stereocenters. The number of alkyl halides is 3. The van der Waals surface area contributed by atoms with Crippen LogP contribution in [0.15, 0.2) is 22.9 Å². The fourth-order valence-corrected chi connectivity index (χ4v) is 2.60. The summed E-state index contributed by atoms with van der Waals surface area (Å²) in [5, 5.41) is 2.94. The summed E-state index contributed by atoms with van der Waals surface area (Å²) in [6.45, 7) is -0.153. The van der Waals surface area contributed by atoms with E-state index in [0.717, 1.165) is 6.07 Å². The number of nitrogens with zero attached hydrogens (tertiary/aromatic N) is 2. The molecule has 0 saturated heterocycles. The molecular formula is C12H6BrClF3N3O. The fraction of sp³-hybridized carbons (Fsp3) is 0.167. The maximum absolute atomic E-state index is 13.1. The average molecular weight is 381 g/mol. The number of hydrogen-bond acceptors (Lipinski definition) is 4. The standard InChI is InChI=1S/C12H6BrClF3N3O/c13-5-1-7(12(15,16)17)9-8(2-5)20-11-6(3-21-9)10(14)18-4-19-11/h1-2,4H,3H2,(H,18,19,20). The van der Waals surface area contributed by atoms with Crippen LogP contribution in [0.5, 0.6) is 5.75 Å². The zero-order valence-corrected chi connectivity index (χ0v) is 12.5. The van der Waals surface area contributed by atoms with E-state index in [0.29, 0.717) is 11.4 Å². The van der Waals surface area contributed by atoms with E-state index in [1.54, 1.807) is 0 Å². The first-order chi connectivity index (χ1) is 9.86. The molecule has 110 valence electrons. The molecule has 1 aliphatic heterocycles. The molecule has 1 aliphatic rings. The minimum atomic E-state index is -4.54. The number of fused-ring (bicyclic) bond motifs is 2. The molecule has 1 aromatic carbocycles. The lowest BCUT2D eigenvalue weighted by molar-refractivity contribution is -0.139. The summed E-state index contributed by atoms with van der Waals surface area (Å²) in [5.74, 6) is 0.0275. The Labute approximate surface area is 130 Å². The number of nitrogens with one attached hydrogen (secondary N) is 1. The third kappa shape index (κ3) is 2.65. The molecule has 0 bridgehead atoms. The van der Waals surface area contributed by atoms with Crippen LogP contribution >= 0.6 is 27.5 Å². The van der Waals surface area contributed by atoms with Crippen LogP contribution in [-0.4, -0.2) is 9.97 Å². The van der Waals surface area contributed by atoms with Gasteiger partial charge in [0.2, 0.25) is 0 Å². The summed E-state index contributed by atoms with van der Waals surface area (Å²) >= 11 is 8.98. The number of halogens is 5. The molecular weight excluding hydrogens is 375 g/mol. The molecule has 21 heavy (non-hydrogen) atoms. The Bertz CT molecular complexity index is 724. The molecule has 0 spiro atoms. The Hall–Kier alpha value is -1.54. The lowest BCUT2D eigenvalue weighted by Gasteiger charge is -2.16. The fourth-order valence-electron chi connectivity index (χ4n) is 1.95. The van der Waals surface area contributed by atoms with Gasteiger partial charge in [0, 0.05) is 4.47 Å². The second-order valence-corrected chi connectivity index (χ2v) is 5.51. The molecule has 1 aromatic heterocycles. The molecule has 0 amide bonds. The van der Waals surface area contributed by atoms with Crippen molar-refractivity contribution in [3.8, 4) is 5.75 Å². The van der Waals surface area contributed by atoms with E-state index in [1.807, 2.05) is 0 Å². The second kappa shape index (κ2) is 5.03. The minimum absolute atomic E-state index is 0.132. The largest absolute Gasteiger partial charge is 0.486 e. The van der Waals surface area contributed by atoms with Crippen LogP contribution in [0.25, 0.3) is 0 Å². The molecule has 4 nitrogen and oxygen atoms in total. The van der Waals surface area contributed by atoms with E-state index in [4.69, 9.17) is 16.3 Å². The van der Waals surface area contributed by atoms with Crippen LogP contribution in [0.3, 0.4) is 0 Å². The van der Waals surface area contributed by atoms with Gasteiger partial charge in [0.1, 0.15) is 29.5 Å². The van der Waals surface area contributed by atoms with Crippen molar-refractivity contribution in [3.05, 3.63) is 39.2 Å². The summed E-state index contributed by atoms with van der Waals surface area (Å²) in [4.78, 5) is 7.77. The van der Waals surface area contributed by atoms with E-state index in [-0.39, 0.29) is 27.7 Å². The van der Waals surface area contributed by atoms with Gasteiger partial charge in [-0.05, 0) is 12.1 Å². The predicted molar refractivity (Wildman–Crippen MR) is 73.8 cm³/mol. The Kier molecular flexibility index (Phi) is 3.45. The predicted octanol–water partition coefficient (Wildman–Crippen LogP) is 4.55. The highest BCUT2D eigenvalue weighted by molar-refractivity contribution is 9.10. The lowest BCUT2D eigenvalue weighted by Crippen LogP contribution is -2.09. The van der Waals surface area contributed by atoms with E-state index >= 15 is 0 Å².